The quantitative estimate of drug-likeness (QED) is 0.513. The Morgan fingerprint density at radius 3 is 2.29 bits per heavy atom. The van der Waals surface area contributed by atoms with E-state index in [-0.39, 0.29) is 16.4 Å². The number of hydrogen-bond acceptors (Lipinski definition) is 4. The number of carbonyl (C=O) groups is 2. The van der Waals surface area contributed by atoms with E-state index in [1.54, 1.807) is 48.2 Å². The van der Waals surface area contributed by atoms with Crippen LogP contribution in [0.25, 0.3) is 0 Å². The standard InChI is InChI=1S/C27H29N3O4S/c1-18-8-6-10-21(16-18)29-35(33,34)22-13-12-19(2)23(17-22)26(31)28-24-11-7-9-20(3)25(24)27(32)30-14-4-5-15-30/h6-13,16-17,29H,4-5,14-15H2,1-3H3,(H,28,31). The molecular formula is C27H29N3O4S. The summed E-state index contributed by atoms with van der Waals surface area (Å²) in [5, 5.41) is 2.85. The predicted molar refractivity (Wildman–Crippen MR) is 137 cm³/mol. The van der Waals surface area contributed by atoms with Gasteiger partial charge in [0.25, 0.3) is 21.8 Å². The van der Waals surface area contributed by atoms with Gasteiger partial charge in [0, 0.05) is 24.3 Å². The van der Waals surface area contributed by atoms with Crippen LogP contribution in [0.1, 0.15) is 50.2 Å². The number of sulfonamides is 1. The number of carbonyl (C=O) groups excluding carboxylic acids is 2. The molecule has 0 atom stereocenters. The van der Waals surface area contributed by atoms with Gasteiger partial charge in [-0.3, -0.25) is 14.3 Å². The largest absolute Gasteiger partial charge is 0.339 e. The minimum atomic E-state index is -3.91. The third kappa shape index (κ3) is 5.38. The Morgan fingerprint density at radius 2 is 1.57 bits per heavy atom. The molecule has 182 valence electrons. The van der Waals surface area contributed by atoms with Crippen molar-refractivity contribution in [2.24, 2.45) is 0 Å². The fourth-order valence-corrected chi connectivity index (χ4v) is 5.33. The zero-order chi connectivity index (χ0) is 25.2. The first-order chi connectivity index (χ1) is 16.7. The molecule has 1 saturated heterocycles. The highest BCUT2D eigenvalue weighted by atomic mass is 32.2. The molecule has 8 heteroatoms. The lowest BCUT2D eigenvalue weighted by Crippen LogP contribution is -2.29. The Morgan fingerprint density at radius 1 is 0.857 bits per heavy atom. The smallest absolute Gasteiger partial charge is 0.261 e. The van der Waals surface area contributed by atoms with Crippen LogP contribution in [0, 0.1) is 20.8 Å². The van der Waals surface area contributed by atoms with Crippen molar-refractivity contribution in [1.29, 1.82) is 0 Å². The second-order valence-electron chi connectivity index (χ2n) is 8.90. The summed E-state index contributed by atoms with van der Waals surface area (Å²) >= 11 is 0. The molecule has 7 nitrogen and oxygen atoms in total. The average Bonchev–Trinajstić information content (AvgIpc) is 3.34. The second-order valence-corrected chi connectivity index (χ2v) is 10.6. The maximum Gasteiger partial charge on any atom is 0.261 e. The van der Waals surface area contributed by atoms with Gasteiger partial charge in [-0.2, -0.15) is 0 Å². The lowest BCUT2D eigenvalue weighted by Gasteiger charge is -2.20. The first-order valence-corrected chi connectivity index (χ1v) is 13.0. The number of anilines is 2. The number of aryl methyl sites for hydroxylation is 3. The molecule has 0 saturated carbocycles. The first-order valence-electron chi connectivity index (χ1n) is 11.6. The van der Waals surface area contributed by atoms with Gasteiger partial charge in [-0.25, -0.2) is 8.42 Å². The van der Waals surface area contributed by atoms with Gasteiger partial charge in [0.05, 0.1) is 16.1 Å². The molecule has 0 unspecified atom stereocenters. The lowest BCUT2D eigenvalue weighted by molar-refractivity contribution is 0.0793. The van der Waals surface area contributed by atoms with Crippen LogP contribution >= 0.6 is 0 Å². The zero-order valence-corrected chi connectivity index (χ0v) is 20.9. The Balaban J connectivity index is 1.62. The van der Waals surface area contributed by atoms with Gasteiger partial charge >= 0.3 is 0 Å². The van der Waals surface area contributed by atoms with Crippen LogP contribution < -0.4 is 10.0 Å². The second kappa shape index (κ2) is 9.92. The van der Waals surface area contributed by atoms with E-state index in [9.17, 15) is 18.0 Å². The van der Waals surface area contributed by atoms with Crippen LogP contribution in [0.2, 0.25) is 0 Å². The van der Waals surface area contributed by atoms with E-state index in [1.807, 2.05) is 26.0 Å². The van der Waals surface area contributed by atoms with Crippen LogP contribution in [0.5, 0.6) is 0 Å². The maximum atomic E-state index is 13.3. The molecule has 1 fully saturated rings. The molecule has 2 amide bonds. The number of amides is 2. The molecule has 0 bridgehead atoms. The number of nitrogens with one attached hydrogen (secondary N) is 2. The monoisotopic (exact) mass is 491 g/mol. The number of hydrogen-bond donors (Lipinski definition) is 2. The van der Waals surface area contributed by atoms with Gasteiger partial charge in [0.2, 0.25) is 0 Å². The molecule has 0 spiro atoms. The molecule has 1 aliphatic rings. The van der Waals surface area contributed by atoms with Crippen molar-refractivity contribution < 1.29 is 18.0 Å². The highest BCUT2D eigenvalue weighted by Crippen LogP contribution is 2.26. The average molecular weight is 492 g/mol. The van der Waals surface area contributed by atoms with Crippen molar-refractivity contribution >= 4 is 33.2 Å². The Labute approximate surface area is 206 Å². The van der Waals surface area contributed by atoms with Crippen LogP contribution in [0.3, 0.4) is 0 Å². The van der Waals surface area contributed by atoms with Crippen molar-refractivity contribution in [3.8, 4) is 0 Å². The SMILES string of the molecule is Cc1cccc(NS(=O)(=O)c2ccc(C)c(C(=O)Nc3cccc(C)c3C(=O)N3CCCC3)c2)c1. The zero-order valence-electron chi connectivity index (χ0n) is 20.1. The normalized spacial score (nSPS) is 13.5. The van der Waals surface area contributed by atoms with Crippen molar-refractivity contribution in [2.75, 3.05) is 23.1 Å². The number of benzene rings is 3. The third-order valence-corrected chi connectivity index (χ3v) is 7.54. The molecule has 3 aromatic carbocycles. The van der Waals surface area contributed by atoms with Crippen LogP contribution in [0.4, 0.5) is 11.4 Å². The first kappa shape index (κ1) is 24.5. The maximum absolute atomic E-state index is 13.3. The van der Waals surface area contributed by atoms with Crippen molar-refractivity contribution in [3.63, 3.8) is 0 Å². The number of rotatable bonds is 6. The van der Waals surface area contributed by atoms with Crippen LogP contribution in [0.15, 0.2) is 65.6 Å². The topological polar surface area (TPSA) is 95.6 Å². The fraction of sp³-hybridized carbons (Fsp3) is 0.259. The summed E-state index contributed by atoms with van der Waals surface area (Å²) in [6.45, 7) is 6.86. The summed E-state index contributed by atoms with van der Waals surface area (Å²) in [5.74, 6) is -0.581. The Bertz CT molecular complexity index is 1390. The lowest BCUT2D eigenvalue weighted by atomic mass is 10.0. The Hall–Kier alpha value is -3.65. The summed E-state index contributed by atoms with van der Waals surface area (Å²) in [6.07, 6.45) is 1.94. The van der Waals surface area contributed by atoms with Crippen LogP contribution in [-0.4, -0.2) is 38.2 Å². The summed E-state index contributed by atoms with van der Waals surface area (Å²) in [5.41, 5.74) is 3.86. The van der Waals surface area contributed by atoms with E-state index in [0.717, 1.165) is 24.0 Å². The molecule has 4 rings (SSSR count). The molecule has 0 aromatic heterocycles. The molecule has 35 heavy (non-hydrogen) atoms. The van der Waals surface area contributed by atoms with Crippen LogP contribution in [-0.2, 0) is 10.0 Å². The van der Waals surface area contributed by atoms with Gasteiger partial charge in [-0.05, 0) is 80.6 Å². The van der Waals surface area contributed by atoms with E-state index < -0.39 is 15.9 Å². The minimum Gasteiger partial charge on any atom is -0.339 e. The van der Waals surface area contributed by atoms with E-state index in [0.29, 0.717) is 35.6 Å². The van der Waals surface area contributed by atoms with Gasteiger partial charge in [-0.15, -0.1) is 0 Å². The summed E-state index contributed by atoms with van der Waals surface area (Å²) < 4.78 is 28.6. The number of nitrogens with zero attached hydrogens (tertiary/aromatic N) is 1. The molecule has 2 N–H and O–H groups in total. The highest BCUT2D eigenvalue weighted by Gasteiger charge is 2.25. The fourth-order valence-electron chi connectivity index (χ4n) is 4.26. The predicted octanol–water partition coefficient (Wildman–Crippen LogP) is 4.90. The summed E-state index contributed by atoms with van der Waals surface area (Å²) in [7, 11) is -3.91. The van der Waals surface area contributed by atoms with E-state index in [4.69, 9.17) is 0 Å². The minimum absolute atomic E-state index is 0.0210. The molecule has 3 aromatic rings. The molecule has 1 heterocycles. The van der Waals surface area contributed by atoms with E-state index in [2.05, 4.69) is 10.0 Å². The van der Waals surface area contributed by atoms with Gasteiger partial charge < -0.3 is 10.2 Å². The highest BCUT2D eigenvalue weighted by molar-refractivity contribution is 7.92. The summed E-state index contributed by atoms with van der Waals surface area (Å²) in [6, 6.07) is 16.8. The van der Waals surface area contributed by atoms with Gasteiger partial charge in [-0.1, -0.05) is 30.3 Å². The van der Waals surface area contributed by atoms with E-state index >= 15 is 0 Å². The van der Waals surface area contributed by atoms with Crippen molar-refractivity contribution in [1.82, 2.24) is 4.90 Å². The summed E-state index contributed by atoms with van der Waals surface area (Å²) in [4.78, 5) is 28.2. The third-order valence-electron chi connectivity index (χ3n) is 6.16. The van der Waals surface area contributed by atoms with Gasteiger partial charge in [0.1, 0.15) is 0 Å². The van der Waals surface area contributed by atoms with Crippen molar-refractivity contribution in [2.45, 2.75) is 38.5 Å². The van der Waals surface area contributed by atoms with Crippen molar-refractivity contribution in [3.05, 3.63) is 88.5 Å². The van der Waals surface area contributed by atoms with Gasteiger partial charge in [0.15, 0.2) is 0 Å². The molecule has 0 aliphatic carbocycles. The molecule has 0 radical (unpaired) electrons. The molecular weight excluding hydrogens is 462 g/mol. The molecule has 1 aliphatic heterocycles. The Kier molecular flexibility index (Phi) is 6.93. The number of likely N-dealkylation sites (tertiary alicyclic amines) is 1. The van der Waals surface area contributed by atoms with E-state index in [1.165, 1.54) is 12.1 Å².